The molecule has 1 aromatic carbocycles. The van der Waals surface area contributed by atoms with Crippen LogP contribution in [0.25, 0.3) is 0 Å². The third-order valence-corrected chi connectivity index (χ3v) is 3.87. The highest BCUT2D eigenvalue weighted by Gasteiger charge is 2.33. The van der Waals surface area contributed by atoms with Crippen LogP contribution in [0.2, 0.25) is 0 Å². The molecule has 9 heteroatoms. The normalized spacial score (nSPS) is 14.7. The lowest BCUT2D eigenvalue weighted by Crippen LogP contribution is -2.38. The van der Waals surface area contributed by atoms with Crippen LogP contribution in [0.5, 0.6) is 0 Å². The van der Waals surface area contributed by atoms with Crippen LogP contribution in [0.4, 0.5) is 14.5 Å². The highest BCUT2D eigenvalue weighted by atomic mass is 79.9. The Hall–Kier alpha value is -2.00. The quantitative estimate of drug-likeness (QED) is 0.580. The second-order valence-corrected chi connectivity index (χ2v) is 5.23. The van der Waals surface area contributed by atoms with E-state index in [1.807, 2.05) is 0 Å². The van der Waals surface area contributed by atoms with Gasteiger partial charge in [-0.15, -0.1) is 0 Å². The van der Waals surface area contributed by atoms with E-state index in [0.29, 0.717) is 0 Å². The Morgan fingerprint density at radius 2 is 1.74 bits per heavy atom. The first-order valence-electron chi connectivity index (χ1n) is 6.30. The van der Waals surface area contributed by atoms with Crippen molar-refractivity contribution in [1.82, 2.24) is 0 Å². The van der Waals surface area contributed by atoms with Crippen molar-refractivity contribution >= 4 is 33.6 Å². The number of halogens is 3. The van der Waals surface area contributed by atoms with Crippen molar-refractivity contribution < 1.29 is 32.6 Å². The summed E-state index contributed by atoms with van der Waals surface area (Å²) in [5.74, 6) is -3.38. The van der Waals surface area contributed by atoms with E-state index < -0.39 is 23.6 Å². The molecular formula is C14H12BrF2NO5. The molecular weight excluding hydrogens is 380 g/mol. The van der Waals surface area contributed by atoms with Gasteiger partial charge in [-0.05, 0) is 28.1 Å². The van der Waals surface area contributed by atoms with Crippen molar-refractivity contribution in [1.29, 1.82) is 0 Å². The first kappa shape index (κ1) is 17.4. The van der Waals surface area contributed by atoms with Gasteiger partial charge in [-0.3, -0.25) is 0 Å². The van der Waals surface area contributed by atoms with Gasteiger partial charge in [-0.25, -0.2) is 18.4 Å². The predicted octanol–water partition coefficient (Wildman–Crippen LogP) is 2.12. The largest absolute Gasteiger partial charge is 0.466 e. The summed E-state index contributed by atoms with van der Waals surface area (Å²) in [4.78, 5) is 25.0. The number of carbonyl (C=O) groups is 2. The molecule has 0 spiro atoms. The van der Waals surface area contributed by atoms with Gasteiger partial charge in [0.2, 0.25) is 0 Å². The van der Waals surface area contributed by atoms with Crippen LogP contribution < -0.4 is 4.90 Å². The van der Waals surface area contributed by atoms with Gasteiger partial charge in [0.15, 0.2) is 0 Å². The van der Waals surface area contributed by atoms with E-state index in [9.17, 15) is 18.4 Å². The second kappa shape index (κ2) is 7.05. The molecule has 0 radical (unpaired) electrons. The fourth-order valence-corrected chi connectivity index (χ4v) is 2.27. The molecule has 0 N–H and O–H groups in total. The molecule has 0 fully saturated rings. The maximum Gasteiger partial charge on any atom is 0.355 e. The van der Waals surface area contributed by atoms with Crippen LogP contribution in [0.3, 0.4) is 0 Å². The topological polar surface area (TPSA) is 65.1 Å². The number of nitrogens with zero attached hydrogens (tertiary/aromatic N) is 1. The van der Waals surface area contributed by atoms with E-state index in [0.717, 1.165) is 31.3 Å². The fourth-order valence-electron chi connectivity index (χ4n) is 2.05. The minimum atomic E-state index is -0.866. The summed E-state index contributed by atoms with van der Waals surface area (Å²) in [6.07, 6.45) is 0. The van der Waals surface area contributed by atoms with Gasteiger partial charge in [0, 0.05) is 5.69 Å². The molecule has 0 atom stereocenters. The minimum Gasteiger partial charge on any atom is -0.466 e. The molecule has 1 aliphatic heterocycles. The van der Waals surface area contributed by atoms with E-state index in [1.165, 1.54) is 0 Å². The van der Waals surface area contributed by atoms with Gasteiger partial charge in [-0.1, -0.05) is 0 Å². The van der Waals surface area contributed by atoms with Crippen LogP contribution in [0, 0.1) is 11.6 Å². The Bertz CT molecular complexity index is 669. The summed E-state index contributed by atoms with van der Waals surface area (Å²) in [5, 5.41) is 0. The Balaban J connectivity index is 2.59. The van der Waals surface area contributed by atoms with Crippen LogP contribution in [0.1, 0.15) is 0 Å². The van der Waals surface area contributed by atoms with Crippen LogP contribution in [-0.2, 0) is 23.8 Å². The standard InChI is InChI=1S/C14H12BrF2NO5/c1-21-13(19)8-5-23-6-18(12(8)14(20)22-2)7-3-9(16)11(15)10(17)4-7/h3-4H,5-6H2,1-2H3. The molecule has 0 saturated heterocycles. The zero-order valence-corrected chi connectivity index (χ0v) is 13.8. The van der Waals surface area contributed by atoms with Crippen LogP contribution in [0.15, 0.2) is 27.9 Å². The average Bonchev–Trinajstić information content (AvgIpc) is 2.57. The highest BCUT2D eigenvalue weighted by Crippen LogP contribution is 2.31. The van der Waals surface area contributed by atoms with Gasteiger partial charge in [0.25, 0.3) is 0 Å². The van der Waals surface area contributed by atoms with E-state index in [1.54, 1.807) is 0 Å². The third-order valence-electron chi connectivity index (χ3n) is 3.11. The molecule has 1 aliphatic rings. The molecule has 23 heavy (non-hydrogen) atoms. The van der Waals surface area contributed by atoms with Crippen molar-refractivity contribution in [2.75, 3.05) is 32.5 Å². The number of hydrogen-bond acceptors (Lipinski definition) is 6. The molecule has 1 aromatic rings. The summed E-state index contributed by atoms with van der Waals surface area (Å²) in [5.41, 5.74) is -0.300. The molecule has 0 amide bonds. The Labute approximate surface area is 138 Å². The number of esters is 2. The third kappa shape index (κ3) is 3.35. The summed E-state index contributed by atoms with van der Waals surface area (Å²) in [7, 11) is 2.27. The van der Waals surface area contributed by atoms with Gasteiger partial charge in [0.1, 0.15) is 24.1 Å². The Kier molecular flexibility index (Phi) is 5.32. The van der Waals surface area contributed by atoms with Crippen molar-refractivity contribution in [2.24, 2.45) is 0 Å². The maximum atomic E-state index is 13.7. The van der Waals surface area contributed by atoms with Crippen LogP contribution in [-0.4, -0.2) is 39.5 Å². The zero-order valence-electron chi connectivity index (χ0n) is 12.2. The zero-order chi connectivity index (χ0) is 17.1. The van der Waals surface area contributed by atoms with Gasteiger partial charge in [0.05, 0.1) is 30.9 Å². The minimum absolute atomic E-state index is 0.00953. The Morgan fingerprint density at radius 1 is 1.17 bits per heavy atom. The van der Waals surface area contributed by atoms with E-state index in [4.69, 9.17) is 4.74 Å². The Morgan fingerprint density at radius 3 is 2.26 bits per heavy atom. The average molecular weight is 392 g/mol. The summed E-state index contributed by atoms with van der Waals surface area (Å²) >= 11 is 2.76. The fraction of sp³-hybridized carbons (Fsp3) is 0.286. The SMILES string of the molecule is COC(=O)C1=C(C(=O)OC)N(c2cc(F)c(Br)c(F)c2)COC1. The lowest BCUT2D eigenvalue weighted by molar-refractivity contribution is -0.140. The number of anilines is 1. The molecule has 124 valence electrons. The molecule has 0 bridgehead atoms. The first-order chi connectivity index (χ1) is 10.9. The molecule has 6 nitrogen and oxygen atoms in total. The van der Waals surface area contributed by atoms with E-state index in [-0.39, 0.29) is 34.8 Å². The van der Waals surface area contributed by atoms with E-state index >= 15 is 0 Å². The van der Waals surface area contributed by atoms with Crippen molar-refractivity contribution in [3.8, 4) is 0 Å². The smallest absolute Gasteiger partial charge is 0.355 e. The number of carbonyl (C=O) groups excluding carboxylic acids is 2. The first-order valence-corrected chi connectivity index (χ1v) is 7.09. The number of methoxy groups -OCH3 is 2. The van der Waals surface area contributed by atoms with Gasteiger partial charge < -0.3 is 19.1 Å². The molecule has 2 rings (SSSR count). The molecule has 1 heterocycles. The highest BCUT2D eigenvalue weighted by molar-refractivity contribution is 9.10. The lowest BCUT2D eigenvalue weighted by atomic mass is 10.1. The second-order valence-electron chi connectivity index (χ2n) is 4.44. The van der Waals surface area contributed by atoms with Crippen molar-refractivity contribution in [3.05, 3.63) is 39.5 Å². The maximum absolute atomic E-state index is 13.7. The summed E-state index contributed by atoms with van der Waals surface area (Å²) in [6.45, 7) is -0.374. The number of benzene rings is 1. The summed E-state index contributed by atoms with van der Waals surface area (Å²) in [6, 6.07) is 2.00. The van der Waals surface area contributed by atoms with E-state index in [2.05, 4.69) is 25.4 Å². The number of ether oxygens (including phenoxy) is 3. The molecule has 0 unspecified atom stereocenters. The van der Waals surface area contributed by atoms with Gasteiger partial charge in [-0.2, -0.15) is 0 Å². The number of rotatable bonds is 3. The van der Waals surface area contributed by atoms with Gasteiger partial charge >= 0.3 is 11.9 Å². The van der Waals surface area contributed by atoms with Crippen molar-refractivity contribution in [2.45, 2.75) is 0 Å². The molecule has 0 saturated carbocycles. The predicted molar refractivity (Wildman–Crippen MR) is 78.4 cm³/mol. The monoisotopic (exact) mass is 391 g/mol. The molecule has 0 aliphatic carbocycles. The summed E-state index contributed by atoms with van der Waals surface area (Å²) < 4.78 is 41.6. The van der Waals surface area contributed by atoms with Crippen molar-refractivity contribution in [3.63, 3.8) is 0 Å². The lowest BCUT2D eigenvalue weighted by Gasteiger charge is -2.31. The van der Waals surface area contributed by atoms with Crippen LogP contribution >= 0.6 is 15.9 Å². The number of hydrogen-bond donors (Lipinski definition) is 0. The molecule has 0 aromatic heterocycles.